The van der Waals surface area contributed by atoms with Crippen LogP contribution in [0.3, 0.4) is 0 Å². The fourth-order valence-electron chi connectivity index (χ4n) is 4.73. The number of carbonyl (C=O) groups excluding carboxylic acids is 1. The highest BCUT2D eigenvalue weighted by Crippen LogP contribution is 2.32. The minimum atomic E-state index is -0.738. The zero-order valence-corrected chi connectivity index (χ0v) is 24.6. The van der Waals surface area contributed by atoms with Gasteiger partial charge < -0.3 is 14.2 Å². The van der Waals surface area contributed by atoms with Crippen LogP contribution >= 0.6 is 11.3 Å². The third kappa shape index (κ3) is 6.06. The van der Waals surface area contributed by atoms with E-state index in [9.17, 15) is 14.0 Å². The quantitative estimate of drug-likeness (QED) is 0.249. The van der Waals surface area contributed by atoms with Crippen LogP contribution in [0.1, 0.15) is 50.4 Å². The lowest BCUT2D eigenvalue weighted by atomic mass is 9.96. The molecule has 216 valence electrons. The maximum atomic E-state index is 14.2. The van der Waals surface area contributed by atoms with Gasteiger partial charge in [0.15, 0.2) is 4.80 Å². The molecule has 0 amide bonds. The number of hydrogen-bond donors (Lipinski definition) is 0. The highest BCUT2D eigenvalue weighted by Gasteiger charge is 2.33. The molecular formula is C33H31FN2O5S. The van der Waals surface area contributed by atoms with E-state index in [1.165, 1.54) is 17.4 Å². The van der Waals surface area contributed by atoms with E-state index in [2.05, 4.69) is 4.99 Å². The summed E-state index contributed by atoms with van der Waals surface area (Å²) in [6.07, 6.45) is 1.39. The van der Waals surface area contributed by atoms with Gasteiger partial charge in [-0.2, -0.15) is 0 Å². The molecule has 2 heterocycles. The van der Waals surface area contributed by atoms with Gasteiger partial charge in [0.2, 0.25) is 0 Å². The number of esters is 1. The predicted molar refractivity (Wildman–Crippen MR) is 160 cm³/mol. The van der Waals surface area contributed by atoms with E-state index < -0.39 is 12.0 Å². The Morgan fingerprint density at radius 1 is 1.05 bits per heavy atom. The summed E-state index contributed by atoms with van der Waals surface area (Å²) in [4.78, 5) is 32.4. The summed E-state index contributed by atoms with van der Waals surface area (Å²) in [5.74, 6) is 0.325. The van der Waals surface area contributed by atoms with Crippen molar-refractivity contribution in [2.24, 2.45) is 4.99 Å². The maximum absolute atomic E-state index is 14.2. The molecule has 1 aliphatic rings. The molecule has 0 unspecified atom stereocenters. The summed E-state index contributed by atoms with van der Waals surface area (Å²) in [5, 5.41) is 0. The van der Waals surface area contributed by atoms with E-state index in [4.69, 9.17) is 14.2 Å². The number of ether oxygens (including phenoxy) is 3. The van der Waals surface area contributed by atoms with Gasteiger partial charge in [-0.1, -0.05) is 59.9 Å². The molecule has 1 aliphatic heterocycles. The minimum Gasteiger partial charge on any atom is -0.494 e. The molecule has 1 aromatic heterocycles. The van der Waals surface area contributed by atoms with Gasteiger partial charge in [0.05, 0.1) is 34.6 Å². The van der Waals surface area contributed by atoms with Crippen LogP contribution in [0, 0.1) is 5.82 Å². The number of fused-ring (bicyclic) bond motifs is 1. The number of allylic oxidation sites excluding steroid dienone is 1. The van der Waals surface area contributed by atoms with E-state index in [-0.39, 0.29) is 24.1 Å². The molecule has 0 saturated carbocycles. The van der Waals surface area contributed by atoms with E-state index in [0.29, 0.717) is 49.8 Å². The van der Waals surface area contributed by atoms with Crippen molar-refractivity contribution in [3.63, 3.8) is 0 Å². The van der Waals surface area contributed by atoms with E-state index in [1.54, 1.807) is 55.7 Å². The zero-order chi connectivity index (χ0) is 29.8. The van der Waals surface area contributed by atoms with Crippen LogP contribution in [0.4, 0.5) is 4.39 Å². The summed E-state index contributed by atoms with van der Waals surface area (Å²) in [5.41, 5.74) is 2.31. The smallest absolute Gasteiger partial charge is 0.338 e. The van der Waals surface area contributed by atoms with Crippen LogP contribution in [0.5, 0.6) is 11.5 Å². The number of thiazole rings is 1. The number of carbonyl (C=O) groups is 1. The normalized spacial score (nSPS) is 14.9. The van der Waals surface area contributed by atoms with Crippen LogP contribution < -0.4 is 24.4 Å². The van der Waals surface area contributed by atoms with Crippen molar-refractivity contribution in [1.29, 1.82) is 0 Å². The number of hydrogen-bond acceptors (Lipinski definition) is 7. The molecule has 4 aromatic rings. The first-order chi connectivity index (χ1) is 20.3. The SMILES string of the molecule is CCOc1ccc([C@H]2C(C(=O)OC(C)C)=C(C)N=c3s/c(=C/c4ccccc4OCc4ccccc4F)c(=O)n32)cc1. The maximum Gasteiger partial charge on any atom is 0.338 e. The topological polar surface area (TPSA) is 79.1 Å². The third-order valence-electron chi connectivity index (χ3n) is 6.64. The van der Waals surface area contributed by atoms with Crippen molar-refractivity contribution < 1.29 is 23.4 Å². The van der Waals surface area contributed by atoms with E-state index in [0.717, 1.165) is 5.56 Å². The van der Waals surface area contributed by atoms with Crippen molar-refractivity contribution in [3.05, 3.63) is 126 Å². The number of para-hydroxylation sites is 1. The van der Waals surface area contributed by atoms with Crippen LogP contribution in [-0.4, -0.2) is 23.2 Å². The molecule has 5 rings (SSSR count). The molecule has 0 aliphatic carbocycles. The van der Waals surface area contributed by atoms with Crippen LogP contribution in [0.15, 0.2) is 93.9 Å². The molecule has 0 spiro atoms. The van der Waals surface area contributed by atoms with Gasteiger partial charge in [-0.15, -0.1) is 0 Å². The number of halogens is 1. The first-order valence-corrected chi connectivity index (χ1v) is 14.5. The number of rotatable bonds is 9. The highest BCUT2D eigenvalue weighted by molar-refractivity contribution is 7.07. The van der Waals surface area contributed by atoms with Gasteiger partial charge in [0.25, 0.3) is 5.56 Å². The molecule has 0 N–H and O–H groups in total. The lowest BCUT2D eigenvalue weighted by Crippen LogP contribution is -2.40. The summed E-state index contributed by atoms with van der Waals surface area (Å²) >= 11 is 1.23. The zero-order valence-electron chi connectivity index (χ0n) is 23.8. The fourth-order valence-corrected chi connectivity index (χ4v) is 5.77. The highest BCUT2D eigenvalue weighted by atomic mass is 32.1. The molecule has 42 heavy (non-hydrogen) atoms. The van der Waals surface area contributed by atoms with Crippen molar-refractivity contribution >= 4 is 23.4 Å². The Labute approximate surface area is 246 Å². The van der Waals surface area contributed by atoms with E-state index >= 15 is 0 Å². The number of aromatic nitrogens is 1. The molecule has 9 heteroatoms. The van der Waals surface area contributed by atoms with Gasteiger partial charge in [0.1, 0.15) is 23.9 Å². The van der Waals surface area contributed by atoms with Crippen LogP contribution in [0.25, 0.3) is 6.08 Å². The standard InChI is InChI=1S/C33H31FN2O5S/c1-5-39-25-16-14-22(15-17-25)30-29(32(38)41-20(2)3)21(4)35-33-36(30)31(37)28(42-33)18-23-10-7-9-13-27(23)40-19-24-11-6-8-12-26(24)34/h6-18,20,30H,5,19H2,1-4H3/b28-18+/t30-/m0/s1. The average molecular weight is 587 g/mol. The molecule has 3 aromatic carbocycles. The second-order valence-corrected chi connectivity index (χ2v) is 11.0. The predicted octanol–water partition coefficient (Wildman–Crippen LogP) is 5.30. The minimum absolute atomic E-state index is 0.0387. The largest absolute Gasteiger partial charge is 0.494 e. The second-order valence-electron chi connectivity index (χ2n) is 9.96. The van der Waals surface area contributed by atoms with Gasteiger partial charge in [-0.05, 0) is 63.6 Å². The Kier molecular flexibility index (Phi) is 8.68. The fraction of sp³-hybridized carbons (Fsp3) is 0.242. The van der Waals surface area contributed by atoms with Gasteiger partial charge in [0, 0.05) is 11.1 Å². The molecular weight excluding hydrogens is 555 g/mol. The van der Waals surface area contributed by atoms with E-state index in [1.807, 2.05) is 49.4 Å². The summed E-state index contributed by atoms with van der Waals surface area (Å²) in [6.45, 7) is 7.77. The molecule has 0 bridgehead atoms. The molecule has 1 atom stereocenters. The lowest BCUT2D eigenvalue weighted by molar-refractivity contribution is -0.143. The van der Waals surface area contributed by atoms with Crippen LogP contribution in [0.2, 0.25) is 0 Å². The summed E-state index contributed by atoms with van der Waals surface area (Å²) in [7, 11) is 0. The van der Waals surface area contributed by atoms with Crippen LogP contribution in [-0.2, 0) is 16.1 Å². The molecule has 0 fully saturated rings. The Hall–Kier alpha value is -4.50. The van der Waals surface area contributed by atoms with Crippen molar-refractivity contribution in [2.45, 2.75) is 46.4 Å². The first kappa shape index (κ1) is 29.0. The third-order valence-corrected chi connectivity index (χ3v) is 7.62. The van der Waals surface area contributed by atoms with Crippen molar-refractivity contribution in [3.8, 4) is 11.5 Å². The van der Waals surface area contributed by atoms with Gasteiger partial charge in [-0.25, -0.2) is 14.2 Å². The molecule has 0 radical (unpaired) electrons. The Morgan fingerprint density at radius 3 is 2.48 bits per heavy atom. The summed E-state index contributed by atoms with van der Waals surface area (Å²) < 4.78 is 33.3. The number of nitrogens with zero attached hydrogens (tertiary/aromatic N) is 2. The first-order valence-electron chi connectivity index (χ1n) is 13.7. The average Bonchev–Trinajstić information content (AvgIpc) is 3.26. The second kappa shape index (κ2) is 12.6. The van der Waals surface area contributed by atoms with Gasteiger partial charge in [-0.3, -0.25) is 9.36 Å². The molecule has 0 saturated heterocycles. The Morgan fingerprint density at radius 2 is 1.76 bits per heavy atom. The van der Waals surface area contributed by atoms with Crippen molar-refractivity contribution in [2.75, 3.05) is 6.61 Å². The molecule has 7 nitrogen and oxygen atoms in total. The monoisotopic (exact) mass is 586 g/mol. The van der Waals surface area contributed by atoms with Gasteiger partial charge >= 0.3 is 5.97 Å². The Balaban J connectivity index is 1.59. The number of benzene rings is 3. The van der Waals surface area contributed by atoms with Crippen molar-refractivity contribution in [1.82, 2.24) is 4.57 Å². The Bertz CT molecular complexity index is 1820. The lowest BCUT2D eigenvalue weighted by Gasteiger charge is -2.25. The summed E-state index contributed by atoms with van der Waals surface area (Å²) in [6, 6.07) is 20.3.